The van der Waals surface area contributed by atoms with Crippen molar-refractivity contribution in [3.63, 3.8) is 0 Å². The van der Waals surface area contributed by atoms with Crippen LogP contribution in [-0.4, -0.2) is 19.6 Å². The van der Waals surface area contributed by atoms with Crippen LogP contribution in [0.2, 0.25) is 0 Å². The third kappa shape index (κ3) is 2.11. The van der Waals surface area contributed by atoms with E-state index in [-0.39, 0.29) is 0 Å². The monoisotopic (exact) mass is 253 g/mol. The molecule has 96 valence electrons. The zero-order valence-electron chi connectivity index (χ0n) is 10.9. The lowest BCUT2D eigenvalue weighted by Crippen LogP contribution is -2.05. The van der Waals surface area contributed by atoms with Gasteiger partial charge in [0.05, 0.1) is 23.7 Å². The summed E-state index contributed by atoms with van der Waals surface area (Å²) < 4.78 is 1.82. The highest BCUT2D eigenvalue weighted by Gasteiger charge is 2.14. The van der Waals surface area contributed by atoms with Crippen LogP contribution in [0.1, 0.15) is 23.1 Å². The average molecular weight is 253 g/mol. The Morgan fingerprint density at radius 3 is 2.79 bits per heavy atom. The maximum atomic E-state index is 10.4. The summed E-state index contributed by atoms with van der Waals surface area (Å²) in [6, 6.07) is 9.82. The van der Waals surface area contributed by atoms with Crippen LogP contribution in [0, 0.1) is 6.92 Å². The maximum absolute atomic E-state index is 10.4. The van der Waals surface area contributed by atoms with Crippen molar-refractivity contribution in [2.75, 3.05) is 0 Å². The van der Waals surface area contributed by atoms with E-state index in [9.17, 15) is 5.11 Å². The summed E-state index contributed by atoms with van der Waals surface area (Å²) in [5.74, 6) is 0. The molecule has 3 aromatic rings. The summed E-state index contributed by atoms with van der Waals surface area (Å²) in [6.45, 7) is 1.97. The second-order valence-corrected chi connectivity index (χ2v) is 4.74. The Bertz CT molecular complexity index is 733. The van der Waals surface area contributed by atoms with Crippen molar-refractivity contribution in [2.45, 2.75) is 13.0 Å². The van der Waals surface area contributed by atoms with Crippen molar-refractivity contribution in [3.8, 4) is 0 Å². The van der Waals surface area contributed by atoms with Crippen LogP contribution >= 0.6 is 0 Å². The summed E-state index contributed by atoms with van der Waals surface area (Å²) >= 11 is 0. The molecular weight excluding hydrogens is 238 g/mol. The first-order valence-corrected chi connectivity index (χ1v) is 6.17. The summed E-state index contributed by atoms with van der Waals surface area (Å²) in [4.78, 5) is 8.49. The van der Waals surface area contributed by atoms with E-state index in [1.165, 1.54) is 0 Å². The molecule has 0 aliphatic carbocycles. The largest absolute Gasteiger partial charge is 0.382 e. The molecule has 0 fully saturated rings. The summed E-state index contributed by atoms with van der Waals surface area (Å²) in [7, 11) is 1.87. The van der Waals surface area contributed by atoms with Crippen LogP contribution in [0.4, 0.5) is 0 Å². The standard InChI is InChI=1S/C15H15N3O/c1-10-3-4-11-7-12(5-6-13(11)17-10)15(19)14-8-16-9-18(14)2/h3-9,15,19H,1-2H3. The van der Waals surface area contributed by atoms with Gasteiger partial charge in [-0.1, -0.05) is 12.1 Å². The van der Waals surface area contributed by atoms with Crippen molar-refractivity contribution >= 4 is 10.9 Å². The molecule has 0 amide bonds. The van der Waals surface area contributed by atoms with Crippen LogP contribution in [-0.2, 0) is 7.05 Å². The highest BCUT2D eigenvalue weighted by molar-refractivity contribution is 5.79. The Kier molecular flexibility index (Phi) is 2.80. The molecule has 0 spiro atoms. The minimum atomic E-state index is -0.668. The van der Waals surface area contributed by atoms with Crippen molar-refractivity contribution in [2.24, 2.45) is 7.05 Å². The second kappa shape index (κ2) is 4.48. The van der Waals surface area contributed by atoms with Gasteiger partial charge < -0.3 is 9.67 Å². The fourth-order valence-electron chi connectivity index (χ4n) is 2.22. The number of imidazole rings is 1. The minimum Gasteiger partial charge on any atom is -0.382 e. The topological polar surface area (TPSA) is 50.9 Å². The Hall–Kier alpha value is -2.20. The number of nitrogens with zero attached hydrogens (tertiary/aromatic N) is 3. The lowest BCUT2D eigenvalue weighted by molar-refractivity contribution is 0.211. The molecule has 4 nitrogen and oxygen atoms in total. The van der Waals surface area contributed by atoms with Gasteiger partial charge in [0.15, 0.2) is 0 Å². The molecular formula is C15H15N3O. The van der Waals surface area contributed by atoms with E-state index in [1.54, 1.807) is 12.5 Å². The SMILES string of the molecule is Cc1ccc2cc(C(O)c3cncn3C)ccc2n1. The molecule has 1 atom stereocenters. The molecule has 2 aromatic heterocycles. The molecule has 1 unspecified atom stereocenters. The summed E-state index contributed by atoms with van der Waals surface area (Å²) in [5.41, 5.74) is 3.56. The Morgan fingerprint density at radius 2 is 2.05 bits per heavy atom. The van der Waals surface area contributed by atoms with Crippen molar-refractivity contribution in [3.05, 3.63) is 59.8 Å². The van der Waals surface area contributed by atoms with Gasteiger partial charge in [-0.2, -0.15) is 0 Å². The number of hydrogen-bond acceptors (Lipinski definition) is 3. The lowest BCUT2D eigenvalue weighted by atomic mass is 10.0. The quantitative estimate of drug-likeness (QED) is 0.762. The van der Waals surface area contributed by atoms with E-state index >= 15 is 0 Å². The number of fused-ring (bicyclic) bond motifs is 1. The number of aryl methyl sites for hydroxylation is 2. The number of hydrogen-bond donors (Lipinski definition) is 1. The van der Waals surface area contributed by atoms with Crippen molar-refractivity contribution in [1.29, 1.82) is 0 Å². The molecule has 0 saturated heterocycles. The molecule has 1 aromatic carbocycles. The van der Waals surface area contributed by atoms with Crippen molar-refractivity contribution in [1.82, 2.24) is 14.5 Å². The van der Waals surface area contributed by atoms with E-state index in [0.717, 1.165) is 27.9 Å². The first-order chi connectivity index (χ1) is 9.15. The zero-order chi connectivity index (χ0) is 13.4. The molecule has 4 heteroatoms. The van der Waals surface area contributed by atoms with Gasteiger partial charge in [-0.05, 0) is 30.7 Å². The summed E-state index contributed by atoms with van der Waals surface area (Å²) in [5, 5.41) is 11.4. The maximum Gasteiger partial charge on any atom is 0.121 e. The molecule has 0 bridgehead atoms. The van der Waals surface area contributed by atoms with Gasteiger partial charge in [-0.3, -0.25) is 4.98 Å². The summed E-state index contributed by atoms with van der Waals surface area (Å²) in [6.07, 6.45) is 2.70. The molecule has 0 aliphatic rings. The van der Waals surface area contributed by atoms with Gasteiger partial charge >= 0.3 is 0 Å². The predicted molar refractivity (Wildman–Crippen MR) is 73.7 cm³/mol. The van der Waals surface area contributed by atoms with E-state index < -0.39 is 6.10 Å². The normalized spacial score (nSPS) is 12.8. The van der Waals surface area contributed by atoms with Crippen molar-refractivity contribution < 1.29 is 5.11 Å². The number of aromatic nitrogens is 3. The zero-order valence-corrected chi connectivity index (χ0v) is 10.9. The number of aliphatic hydroxyl groups is 1. The number of aliphatic hydroxyl groups excluding tert-OH is 1. The van der Waals surface area contributed by atoms with E-state index in [0.29, 0.717) is 0 Å². The molecule has 2 heterocycles. The van der Waals surface area contributed by atoms with Gasteiger partial charge in [-0.15, -0.1) is 0 Å². The van der Waals surface area contributed by atoms with E-state index in [2.05, 4.69) is 9.97 Å². The fraction of sp³-hybridized carbons (Fsp3) is 0.200. The van der Waals surface area contributed by atoms with Crippen LogP contribution in [0.5, 0.6) is 0 Å². The molecule has 19 heavy (non-hydrogen) atoms. The van der Waals surface area contributed by atoms with Crippen LogP contribution in [0.3, 0.4) is 0 Å². The van der Waals surface area contributed by atoms with Gasteiger partial charge in [-0.25, -0.2) is 4.98 Å². The second-order valence-electron chi connectivity index (χ2n) is 4.74. The van der Waals surface area contributed by atoms with Crippen LogP contribution < -0.4 is 0 Å². The number of pyridine rings is 1. The smallest absolute Gasteiger partial charge is 0.121 e. The first-order valence-electron chi connectivity index (χ1n) is 6.17. The highest BCUT2D eigenvalue weighted by Crippen LogP contribution is 2.24. The van der Waals surface area contributed by atoms with Crippen LogP contribution in [0.25, 0.3) is 10.9 Å². The Morgan fingerprint density at radius 1 is 1.21 bits per heavy atom. The Labute approximate surface area is 111 Å². The lowest BCUT2D eigenvalue weighted by Gasteiger charge is -2.12. The first kappa shape index (κ1) is 11.9. The molecule has 0 aliphatic heterocycles. The highest BCUT2D eigenvalue weighted by atomic mass is 16.3. The Balaban J connectivity index is 2.06. The van der Waals surface area contributed by atoms with Gasteiger partial charge in [0, 0.05) is 18.1 Å². The molecule has 1 N–H and O–H groups in total. The predicted octanol–water partition coefficient (Wildman–Crippen LogP) is 2.36. The van der Waals surface area contributed by atoms with Gasteiger partial charge in [0.2, 0.25) is 0 Å². The van der Waals surface area contributed by atoms with E-state index in [1.807, 2.05) is 48.9 Å². The van der Waals surface area contributed by atoms with Crippen LogP contribution in [0.15, 0.2) is 42.9 Å². The molecule has 0 saturated carbocycles. The van der Waals surface area contributed by atoms with E-state index in [4.69, 9.17) is 0 Å². The number of benzene rings is 1. The van der Waals surface area contributed by atoms with Gasteiger partial charge in [0.1, 0.15) is 6.10 Å². The third-order valence-electron chi connectivity index (χ3n) is 3.30. The molecule has 0 radical (unpaired) electrons. The number of rotatable bonds is 2. The average Bonchev–Trinajstić information content (AvgIpc) is 2.83. The van der Waals surface area contributed by atoms with Gasteiger partial charge in [0.25, 0.3) is 0 Å². The third-order valence-corrected chi connectivity index (χ3v) is 3.30. The molecule has 3 rings (SSSR count). The fourth-order valence-corrected chi connectivity index (χ4v) is 2.22. The minimum absolute atomic E-state index is 0.668.